The van der Waals surface area contributed by atoms with Crippen LogP contribution in [-0.2, 0) is 4.79 Å². The van der Waals surface area contributed by atoms with Crippen molar-refractivity contribution in [3.05, 3.63) is 5.32 Å². The van der Waals surface area contributed by atoms with E-state index in [9.17, 15) is 9.59 Å². The normalized spacial score (nSPS) is 21.2. The van der Waals surface area contributed by atoms with Gasteiger partial charge in [0.1, 0.15) is 0 Å². The summed E-state index contributed by atoms with van der Waals surface area (Å²) >= 11 is 5.42. The second-order valence-electron chi connectivity index (χ2n) is 2.54. The van der Waals surface area contributed by atoms with E-state index in [1.54, 1.807) is 0 Å². The van der Waals surface area contributed by atoms with Crippen LogP contribution in [0.2, 0.25) is 0 Å². The average Bonchev–Trinajstić information content (AvgIpc) is 1.97. The Morgan fingerprint density at radius 1 is 1.45 bits per heavy atom. The van der Waals surface area contributed by atoms with Crippen molar-refractivity contribution in [3.8, 4) is 0 Å². The van der Waals surface area contributed by atoms with E-state index in [1.165, 1.54) is 13.8 Å². The largest absolute Gasteiger partial charge is 1.00 e. The van der Waals surface area contributed by atoms with E-state index < -0.39 is 17.5 Å². The number of hydrogen-bond acceptors (Lipinski definition) is 2. The minimum Gasteiger partial charge on any atom is -0.368 e. The van der Waals surface area contributed by atoms with Gasteiger partial charge >= 0.3 is 29.6 Å². The van der Waals surface area contributed by atoms with Crippen molar-refractivity contribution in [3.63, 3.8) is 0 Å². The fraction of sp³-hybridized carbons (Fsp3) is 0.600. The Balaban J connectivity index is 0.000001000. The zero-order valence-corrected chi connectivity index (χ0v) is 9.34. The van der Waals surface area contributed by atoms with E-state index >= 15 is 0 Å². The zero-order chi connectivity index (χ0) is 7.94. The van der Waals surface area contributed by atoms with Crippen LogP contribution >= 0.6 is 11.8 Å². The van der Waals surface area contributed by atoms with Gasteiger partial charge in [0.2, 0.25) is 0 Å². The van der Waals surface area contributed by atoms with Crippen molar-refractivity contribution >= 4 is 23.7 Å². The van der Waals surface area contributed by atoms with Crippen LogP contribution in [0.1, 0.15) is 13.8 Å². The summed E-state index contributed by atoms with van der Waals surface area (Å²) in [5, 5.41) is 3.14. The maximum Gasteiger partial charge on any atom is 1.00 e. The molecule has 0 bridgehead atoms. The topological polar surface area (TPSA) is 51.5 Å². The molecule has 1 saturated heterocycles. The van der Waals surface area contributed by atoms with Crippen molar-refractivity contribution in [2.24, 2.45) is 0 Å². The first-order valence-electron chi connectivity index (χ1n) is 2.72. The molecule has 0 aromatic carbocycles. The summed E-state index contributed by atoms with van der Waals surface area (Å²) in [4.78, 5) is 21.4. The van der Waals surface area contributed by atoms with Gasteiger partial charge in [-0.2, -0.15) is 0 Å². The second-order valence-corrected chi connectivity index (χ2v) is 2.88. The SMILES string of the molecule is CC1(C)C(=O)[N-]C(=O)N1Cl.[Na+]. The van der Waals surface area contributed by atoms with Crippen molar-refractivity contribution in [1.29, 1.82) is 0 Å². The zero-order valence-electron chi connectivity index (χ0n) is 6.59. The summed E-state index contributed by atoms with van der Waals surface area (Å²) in [7, 11) is 0. The molecule has 1 aliphatic rings. The van der Waals surface area contributed by atoms with Crippen LogP contribution in [0.25, 0.3) is 5.32 Å². The summed E-state index contributed by atoms with van der Waals surface area (Å²) in [6.45, 7) is 3.08. The number of hydrogen-bond donors (Lipinski definition) is 0. The smallest absolute Gasteiger partial charge is 0.368 e. The molecule has 3 amide bonds. The average molecular weight is 185 g/mol. The van der Waals surface area contributed by atoms with E-state index in [-0.39, 0.29) is 29.6 Å². The minimum atomic E-state index is -0.974. The van der Waals surface area contributed by atoms with E-state index in [0.29, 0.717) is 0 Å². The molecular formula is C5H6ClN2NaO2. The summed E-state index contributed by atoms with van der Waals surface area (Å²) in [6, 6.07) is -0.684. The number of halogens is 1. The maximum atomic E-state index is 10.8. The summed E-state index contributed by atoms with van der Waals surface area (Å²) in [6.07, 6.45) is 0. The van der Waals surface area contributed by atoms with E-state index in [2.05, 4.69) is 5.32 Å². The number of carbonyl (C=O) groups is 2. The van der Waals surface area contributed by atoms with Crippen LogP contribution in [0, 0.1) is 0 Å². The van der Waals surface area contributed by atoms with Gasteiger partial charge in [0, 0.05) is 5.54 Å². The van der Waals surface area contributed by atoms with Crippen LogP contribution in [0.5, 0.6) is 0 Å². The number of rotatable bonds is 0. The number of imide groups is 1. The Kier molecular flexibility index (Phi) is 3.38. The molecule has 1 rings (SSSR count). The molecule has 0 aromatic rings. The Morgan fingerprint density at radius 2 is 1.91 bits per heavy atom. The maximum absolute atomic E-state index is 10.8. The van der Waals surface area contributed by atoms with E-state index in [0.717, 1.165) is 4.42 Å². The number of carbonyl (C=O) groups excluding carboxylic acids is 2. The van der Waals surface area contributed by atoms with Crippen LogP contribution in [-0.4, -0.2) is 21.9 Å². The van der Waals surface area contributed by atoms with Gasteiger partial charge in [-0.05, 0) is 0 Å². The molecule has 0 saturated carbocycles. The predicted molar refractivity (Wildman–Crippen MR) is 35.5 cm³/mol. The Labute approximate surface area is 91.7 Å². The van der Waals surface area contributed by atoms with Crippen molar-refractivity contribution in [2.75, 3.05) is 0 Å². The van der Waals surface area contributed by atoms with Gasteiger partial charge in [0.15, 0.2) is 11.9 Å². The molecule has 0 unspecified atom stereocenters. The third-order valence-corrected chi connectivity index (χ3v) is 1.95. The van der Waals surface area contributed by atoms with Crippen molar-refractivity contribution in [2.45, 2.75) is 19.4 Å². The molecule has 1 fully saturated rings. The van der Waals surface area contributed by atoms with Crippen LogP contribution in [0.3, 0.4) is 0 Å². The number of urea groups is 1. The van der Waals surface area contributed by atoms with Crippen molar-refractivity contribution in [1.82, 2.24) is 4.42 Å². The first kappa shape index (κ1) is 11.2. The first-order chi connectivity index (χ1) is 4.46. The minimum absolute atomic E-state index is 0. The van der Waals surface area contributed by atoms with Gasteiger partial charge in [0.25, 0.3) is 0 Å². The molecule has 0 N–H and O–H groups in total. The molecule has 0 spiro atoms. The van der Waals surface area contributed by atoms with Crippen LogP contribution in [0.4, 0.5) is 4.79 Å². The van der Waals surface area contributed by atoms with Gasteiger partial charge < -0.3 is 9.74 Å². The molecule has 11 heavy (non-hydrogen) atoms. The molecule has 0 atom stereocenters. The van der Waals surface area contributed by atoms with Gasteiger partial charge in [-0.1, -0.05) is 25.6 Å². The van der Waals surface area contributed by atoms with E-state index in [1.807, 2.05) is 0 Å². The number of amides is 3. The standard InChI is InChI=1S/C5H7ClN2O2.Na/c1-5(2)3(9)7-4(10)8(5)6;/h1-2H3,(H,7,9,10);/q;+1/p-1. The van der Waals surface area contributed by atoms with Gasteiger partial charge in [0.05, 0.1) is 0 Å². The molecule has 1 aliphatic heterocycles. The van der Waals surface area contributed by atoms with Gasteiger partial charge in [-0.15, -0.1) is 0 Å². The molecule has 1 heterocycles. The molecule has 0 aromatic heterocycles. The summed E-state index contributed by atoms with van der Waals surface area (Å²) < 4.78 is 0.801. The monoisotopic (exact) mass is 184 g/mol. The summed E-state index contributed by atoms with van der Waals surface area (Å²) in [5.74, 6) is -0.493. The van der Waals surface area contributed by atoms with Gasteiger partial charge in [-0.3, -0.25) is 9.59 Å². The Morgan fingerprint density at radius 3 is 2.00 bits per heavy atom. The molecular weight excluding hydrogens is 179 g/mol. The Hall–Kier alpha value is 0.230. The second kappa shape index (κ2) is 3.31. The molecule has 0 aliphatic carbocycles. The van der Waals surface area contributed by atoms with Gasteiger partial charge in [-0.25, -0.2) is 0 Å². The third kappa shape index (κ3) is 1.69. The first-order valence-corrected chi connectivity index (χ1v) is 3.06. The van der Waals surface area contributed by atoms with Crippen LogP contribution in [0.15, 0.2) is 0 Å². The quantitative estimate of drug-likeness (QED) is 0.255. The van der Waals surface area contributed by atoms with Crippen molar-refractivity contribution < 1.29 is 39.1 Å². The third-order valence-electron chi connectivity index (χ3n) is 1.38. The van der Waals surface area contributed by atoms with Crippen LogP contribution < -0.4 is 29.6 Å². The molecule has 0 radical (unpaired) electrons. The molecule has 6 heteroatoms. The molecule has 4 nitrogen and oxygen atoms in total. The predicted octanol–water partition coefficient (Wildman–Crippen LogP) is -1.74. The Bertz CT molecular complexity index is 207. The fourth-order valence-corrected chi connectivity index (χ4v) is 0.701. The molecule has 56 valence electrons. The number of nitrogens with zero attached hydrogens (tertiary/aromatic N) is 2. The fourth-order valence-electron chi connectivity index (χ4n) is 0.591. The van der Waals surface area contributed by atoms with E-state index in [4.69, 9.17) is 11.8 Å². The summed E-state index contributed by atoms with van der Waals surface area (Å²) in [5.41, 5.74) is -0.974.